The van der Waals surface area contributed by atoms with Crippen LogP contribution in [0.25, 0.3) is 10.9 Å². The van der Waals surface area contributed by atoms with Crippen LogP contribution >= 0.6 is 0 Å². The normalized spacial score (nSPS) is 15.4. The van der Waals surface area contributed by atoms with Crippen molar-refractivity contribution in [2.75, 3.05) is 6.61 Å². The van der Waals surface area contributed by atoms with Crippen molar-refractivity contribution in [1.82, 2.24) is 15.6 Å². The summed E-state index contributed by atoms with van der Waals surface area (Å²) in [5.41, 5.74) is 6.92. The Hall–Kier alpha value is -2.95. The van der Waals surface area contributed by atoms with E-state index in [4.69, 9.17) is 10.8 Å². The van der Waals surface area contributed by atoms with E-state index < -0.39 is 48.6 Å². The number of aliphatic hydroxyl groups excluding tert-OH is 2. The van der Waals surface area contributed by atoms with Crippen molar-refractivity contribution in [3.8, 4) is 0 Å². The summed E-state index contributed by atoms with van der Waals surface area (Å²) in [5, 5.41) is 33.6. The first-order chi connectivity index (χ1) is 13.2. The van der Waals surface area contributed by atoms with Gasteiger partial charge in [0, 0.05) is 23.5 Å². The Kier molecular flexibility index (Phi) is 7.10. The van der Waals surface area contributed by atoms with E-state index >= 15 is 0 Å². The number of aromatic nitrogens is 1. The van der Waals surface area contributed by atoms with Crippen molar-refractivity contribution in [3.05, 3.63) is 36.0 Å². The summed E-state index contributed by atoms with van der Waals surface area (Å²) in [6.07, 6.45) is 0.361. The highest BCUT2D eigenvalue weighted by Crippen LogP contribution is 2.19. The molecule has 0 saturated heterocycles. The average molecular weight is 392 g/mol. The van der Waals surface area contributed by atoms with E-state index in [9.17, 15) is 24.6 Å². The number of rotatable bonds is 9. The summed E-state index contributed by atoms with van der Waals surface area (Å²) >= 11 is 0. The molecule has 0 fully saturated rings. The molecule has 10 heteroatoms. The predicted octanol–water partition coefficient (Wildman–Crippen LogP) is -1.53. The lowest BCUT2D eigenvalue weighted by Gasteiger charge is -2.24. The van der Waals surface area contributed by atoms with Gasteiger partial charge < -0.3 is 36.7 Å². The van der Waals surface area contributed by atoms with Gasteiger partial charge in [-0.1, -0.05) is 18.2 Å². The van der Waals surface area contributed by atoms with Gasteiger partial charge >= 0.3 is 5.97 Å². The number of nitrogens with one attached hydrogen (secondary N) is 3. The Balaban J connectivity index is 2.14. The quantitative estimate of drug-likeness (QED) is 0.270. The number of nitrogens with two attached hydrogens (primary N) is 1. The second kappa shape index (κ2) is 9.31. The largest absolute Gasteiger partial charge is 0.480 e. The van der Waals surface area contributed by atoms with Gasteiger partial charge in [-0.15, -0.1) is 0 Å². The Bertz CT molecular complexity index is 849. The van der Waals surface area contributed by atoms with Crippen LogP contribution in [0.1, 0.15) is 12.5 Å². The molecule has 2 amide bonds. The van der Waals surface area contributed by atoms with E-state index in [1.54, 1.807) is 6.20 Å². The molecule has 2 rings (SSSR count). The number of amides is 2. The fraction of sp³-hybridized carbons (Fsp3) is 0.389. The third kappa shape index (κ3) is 5.06. The number of H-pyrrole nitrogens is 1. The molecule has 0 aliphatic heterocycles. The number of benzene rings is 1. The zero-order chi connectivity index (χ0) is 20.8. The number of carbonyl (C=O) groups excluding carboxylic acids is 2. The van der Waals surface area contributed by atoms with Gasteiger partial charge in [0.2, 0.25) is 11.8 Å². The third-order valence-electron chi connectivity index (χ3n) is 4.31. The smallest absolute Gasteiger partial charge is 0.326 e. The molecule has 152 valence electrons. The van der Waals surface area contributed by atoms with Crippen LogP contribution < -0.4 is 16.4 Å². The van der Waals surface area contributed by atoms with E-state index in [2.05, 4.69) is 15.6 Å². The Labute approximate surface area is 160 Å². The molecule has 1 heterocycles. The first-order valence-electron chi connectivity index (χ1n) is 8.67. The monoisotopic (exact) mass is 392 g/mol. The Morgan fingerprint density at radius 1 is 1.18 bits per heavy atom. The molecule has 4 atom stereocenters. The highest BCUT2D eigenvalue weighted by molar-refractivity contribution is 5.92. The van der Waals surface area contributed by atoms with E-state index in [1.165, 1.54) is 6.92 Å². The minimum Gasteiger partial charge on any atom is -0.480 e. The summed E-state index contributed by atoms with van der Waals surface area (Å²) < 4.78 is 0. The number of carboxylic acid groups (broad SMARTS) is 1. The lowest BCUT2D eigenvalue weighted by atomic mass is 10.0. The first kappa shape index (κ1) is 21.4. The van der Waals surface area contributed by atoms with Gasteiger partial charge in [-0.2, -0.15) is 0 Å². The molecule has 0 aliphatic rings. The number of aliphatic hydroxyl groups is 2. The number of hydrogen-bond acceptors (Lipinski definition) is 6. The molecule has 1 aromatic heterocycles. The second-order valence-corrected chi connectivity index (χ2v) is 6.48. The molecule has 8 N–H and O–H groups in total. The Morgan fingerprint density at radius 3 is 2.46 bits per heavy atom. The highest BCUT2D eigenvalue weighted by atomic mass is 16.4. The fourth-order valence-electron chi connectivity index (χ4n) is 2.73. The molecule has 0 aliphatic carbocycles. The van der Waals surface area contributed by atoms with Crippen LogP contribution in [-0.2, 0) is 20.8 Å². The Morgan fingerprint density at radius 2 is 1.86 bits per heavy atom. The lowest BCUT2D eigenvalue weighted by Crippen LogP contribution is -2.58. The molecule has 0 radical (unpaired) electrons. The standard InChI is InChI=1S/C18H24N4O6/c1-9(24)15(22-16(25)12(19)8-23)17(26)21-14(18(27)28)6-10-7-20-13-5-3-2-4-11(10)13/h2-5,7,9,12,14-15,20,23-24H,6,8,19H2,1H3,(H,21,26)(H,22,25)(H,27,28). The fourth-order valence-corrected chi connectivity index (χ4v) is 2.73. The molecule has 10 nitrogen and oxygen atoms in total. The number of aliphatic carboxylic acids is 1. The van der Waals surface area contributed by atoms with Crippen LogP contribution in [0.5, 0.6) is 0 Å². The number of carbonyl (C=O) groups is 3. The van der Waals surface area contributed by atoms with Gasteiger partial charge in [0.05, 0.1) is 12.7 Å². The molecule has 1 aromatic carbocycles. The van der Waals surface area contributed by atoms with E-state index in [1.807, 2.05) is 24.3 Å². The number of fused-ring (bicyclic) bond motifs is 1. The van der Waals surface area contributed by atoms with Gasteiger partial charge in [0.1, 0.15) is 18.1 Å². The molecular weight excluding hydrogens is 368 g/mol. The number of hydrogen-bond donors (Lipinski definition) is 7. The summed E-state index contributed by atoms with van der Waals surface area (Å²) in [5.74, 6) is -2.98. The van der Waals surface area contributed by atoms with Crippen LogP contribution in [0.4, 0.5) is 0 Å². The summed E-state index contributed by atoms with van der Waals surface area (Å²) in [6.45, 7) is 0.628. The summed E-state index contributed by atoms with van der Waals surface area (Å²) in [4.78, 5) is 39.0. The predicted molar refractivity (Wildman–Crippen MR) is 100 cm³/mol. The van der Waals surface area contributed by atoms with Gasteiger partial charge in [0.25, 0.3) is 0 Å². The first-order valence-corrected chi connectivity index (χ1v) is 8.67. The maximum absolute atomic E-state index is 12.5. The average Bonchev–Trinajstić information content (AvgIpc) is 3.07. The third-order valence-corrected chi connectivity index (χ3v) is 4.31. The van der Waals surface area contributed by atoms with Crippen molar-refractivity contribution in [2.24, 2.45) is 5.73 Å². The molecular formula is C18H24N4O6. The molecule has 0 spiro atoms. The summed E-state index contributed by atoms with van der Waals surface area (Å²) in [7, 11) is 0. The molecule has 4 unspecified atom stereocenters. The topological polar surface area (TPSA) is 178 Å². The van der Waals surface area contributed by atoms with E-state index in [0.717, 1.165) is 10.9 Å². The van der Waals surface area contributed by atoms with Crippen molar-refractivity contribution < 1.29 is 29.7 Å². The molecule has 28 heavy (non-hydrogen) atoms. The van der Waals surface area contributed by atoms with Crippen molar-refractivity contribution in [3.63, 3.8) is 0 Å². The number of aromatic amines is 1. The van der Waals surface area contributed by atoms with Crippen LogP contribution in [0.15, 0.2) is 30.5 Å². The zero-order valence-corrected chi connectivity index (χ0v) is 15.3. The van der Waals surface area contributed by atoms with Gasteiger partial charge in [0.15, 0.2) is 0 Å². The highest BCUT2D eigenvalue weighted by Gasteiger charge is 2.31. The molecule has 0 bridgehead atoms. The number of carboxylic acids is 1. The van der Waals surface area contributed by atoms with Crippen molar-refractivity contribution in [2.45, 2.75) is 37.6 Å². The number of para-hydroxylation sites is 1. The minimum atomic E-state index is -1.42. The zero-order valence-electron chi connectivity index (χ0n) is 15.3. The van der Waals surface area contributed by atoms with E-state index in [-0.39, 0.29) is 6.42 Å². The minimum absolute atomic E-state index is 0.00170. The second-order valence-electron chi connectivity index (χ2n) is 6.48. The van der Waals surface area contributed by atoms with Crippen LogP contribution in [0.3, 0.4) is 0 Å². The maximum Gasteiger partial charge on any atom is 0.326 e. The van der Waals surface area contributed by atoms with Crippen molar-refractivity contribution >= 4 is 28.7 Å². The van der Waals surface area contributed by atoms with Crippen LogP contribution in [0.2, 0.25) is 0 Å². The summed E-state index contributed by atoms with van der Waals surface area (Å²) in [6, 6.07) is 3.36. The maximum atomic E-state index is 12.5. The van der Waals surface area contributed by atoms with Crippen molar-refractivity contribution in [1.29, 1.82) is 0 Å². The SMILES string of the molecule is CC(O)C(NC(=O)C(N)CO)C(=O)NC(Cc1c[nH]c2ccccc12)C(=O)O. The molecule has 2 aromatic rings. The van der Waals surface area contributed by atoms with Crippen LogP contribution in [-0.4, -0.2) is 68.9 Å². The van der Waals surface area contributed by atoms with Gasteiger partial charge in [-0.05, 0) is 18.6 Å². The molecule has 0 saturated carbocycles. The lowest BCUT2D eigenvalue weighted by molar-refractivity contribution is -0.142. The van der Waals surface area contributed by atoms with Crippen LogP contribution in [0, 0.1) is 0 Å². The van der Waals surface area contributed by atoms with Gasteiger partial charge in [-0.25, -0.2) is 4.79 Å². The van der Waals surface area contributed by atoms with E-state index in [0.29, 0.717) is 5.56 Å². The van der Waals surface area contributed by atoms with Gasteiger partial charge in [-0.3, -0.25) is 9.59 Å².